The zero-order chi connectivity index (χ0) is 20.3. The van der Waals surface area contributed by atoms with Crippen molar-refractivity contribution in [2.45, 2.75) is 26.7 Å². The highest BCUT2D eigenvalue weighted by Crippen LogP contribution is 2.27. The summed E-state index contributed by atoms with van der Waals surface area (Å²) in [5.74, 6) is -0.507. The number of ketones is 1. The third kappa shape index (κ3) is 4.34. The van der Waals surface area contributed by atoms with Gasteiger partial charge in [-0.25, -0.2) is 9.37 Å². The Morgan fingerprint density at radius 3 is 2.43 bits per heavy atom. The lowest BCUT2D eigenvalue weighted by atomic mass is 10.0. The van der Waals surface area contributed by atoms with E-state index in [0.717, 1.165) is 10.7 Å². The second-order valence-corrected chi connectivity index (χ2v) is 7.47. The van der Waals surface area contributed by atoms with Gasteiger partial charge in [0.2, 0.25) is 5.91 Å². The lowest BCUT2D eigenvalue weighted by Crippen LogP contribution is -2.25. The second-order valence-electron chi connectivity index (χ2n) is 6.53. The molecule has 1 aromatic heterocycles. The normalized spacial score (nSPS) is 10.7. The number of halogens is 1. The Bertz CT molecular complexity index is 1010. The molecule has 0 fully saturated rings. The van der Waals surface area contributed by atoms with E-state index in [9.17, 15) is 14.0 Å². The monoisotopic (exact) mass is 396 g/mol. The number of carbonyl (C=O) groups is 2. The molecule has 4 nitrogen and oxygen atoms in total. The van der Waals surface area contributed by atoms with E-state index in [0.29, 0.717) is 28.8 Å². The van der Waals surface area contributed by atoms with Gasteiger partial charge in [-0.15, -0.1) is 11.3 Å². The average Bonchev–Trinajstić information content (AvgIpc) is 3.11. The van der Waals surface area contributed by atoms with Crippen molar-refractivity contribution in [3.05, 3.63) is 69.9 Å². The quantitative estimate of drug-likeness (QED) is 0.548. The van der Waals surface area contributed by atoms with Crippen molar-refractivity contribution >= 4 is 28.7 Å². The number of benzene rings is 2. The Balaban J connectivity index is 1.77. The number of thiazole rings is 1. The van der Waals surface area contributed by atoms with E-state index in [2.05, 4.69) is 4.98 Å². The fourth-order valence-corrected chi connectivity index (χ4v) is 3.66. The molecule has 28 heavy (non-hydrogen) atoms. The minimum Gasteiger partial charge on any atom is -0.315 e. The number of carbonyl (C=O) groups excluding carboxylic acids is 2. The number of anilines is 1. The molecule has 0 spiro atoms. The molecule has 0 atom stereocenters. The topological polar surface area (TPSA) is 50.3 Å². The first-order chi connectivity index (χ1) is 13.4. The first kappa shape index (κ1) is 19.9. The molecule has 3 aromatic rings. The maximum absolute atomic E-state index is 14.6. The maximum atomic E-state index is 14.6. The van der Waals surface area contributed by atoms with Crippen LogP contribution in [0, 0.1) is 12.7 Å². The predicted molar refractivity (Wildman–Crippen MR) is 110 cm³/mol. The van der Waals surface area contributed by atoms with Crippen molar-refractivity contribution in [2.75, 3.05) is 11.9 Å². The molecule has 144 valence electrons. The van der Waals surface area contributed by atoms with Gasteiger partial charge < -0.3 is 4.90 Å². The molecular formula is C22H21FN2O2S. The third-order valence-electron chi connectivity index (χ3n) is 4.51. The largest absolute Gasteiger partial charge is 0.315 e. The first-order valence-corrected chi connectivity index (χ1v) is 9.87. The zero-order valence-electron chi connectivity index (χ0n) is 16.0. The smallest absolute Gasteiger partial charge is 0.226 e. The molecule has 0 aliphatic carbocycles. The van der Waals surface area contributed by atoms with Crippen LogP contribution in [0.3, 0.4) is 0 Å². The standard InChI is InChI=1S/C22H21FN2O2S/c1-4-22(27)25(3)17-9-10-18(19(23)11-17)15-5-7-16(8-6-15)20(26)12-21-24-14(2)13-28-21/h5-11,13H,4,12H2,1-3H3. The van der Waals surface area contributed by atoms with Gasteiger partial charge in [-0.3, -0.25) is 9.59 Å². The van der Waals surface area contributed by atoms with E-state index in [4.69, 9.17) is 0 Å². The zero-order valence-corrected chi connectivity index (χ0v) is 16.8. The third-order valence-corrected chi connectivity index (χ3v) is 5.48. The molecule has 3 rings (SSSR count). The van der Waals surface area contributed by atoms with E-state index in [1.165, 1.54) is 22.3 Å². The number of hydrogen-bond donors (Lipinski definition) is 0. The molecular weight excluding hydrogens is 375 g/mol. The summed E-state index contributed by atoms with van der Waals surface area (Å²) in [6.07, 6.45) is 0.620. The molecule has 0 N–H and O–H groups in total. The first-order valence-electron chi connectivity index (χ1n) is 8.99. The molecule has 0 saturated heterocycles. The van der Waals surface area contributed by atoms with Crippen LogP contribution in [0.15, 0.2) is 47.8 Å². The predicted octanol–water partition coefficient (Wildman–Crippen LogP) is 5.06. The van der Waals surface area contributed by atoms with Crippen LogP contribution in [0.1, 0.15) is 34.4 Å². The summed E-state index contributed by atoms with van der Waals surface area (Å²) in [5, 5.41) is 2.71. The number of rotatable bonds is 6. The van der Waals surface area contributed by atoms with Gasteiger partial charge in [0.1, 0.15) is 10.8 Å². The molecule has 0 bridgehead atoms. The summed E-state index contributed by atoms with van der Waals surface area (Å²) >= 11 is 1.47. The molecule has 1 amide bonds. The molecule has 6 heteroatoms. The molecule has 0 saturated carbocycles. The summed E-state index contributed by atoms with van der Waals surface area (Å²) in [5.41, 5.74) is 3.10. The van der Waals surface area contributed by atoms with Crippen LogP contribution in [0.5, 0.6) is 0 Å². The van der Waals surface area contributed by atoms with E-state index >= 15 is 0 Å². The van der Waals surface area contributed by atoms with Crippen LogP contribution in [-0.2, 0) is 11.2 Å². The Hall–Kier alpha value is -2.86. The van der Waals surface area contributed by atoms with Crippen molar-refractivity contribution in [3.63, 3.8) is 0 Å². The van der Waals surface area contributed by atoms with Crippen molar-refractivity contribution in [3.8, 4) is 11.1 Å². The number of Topliss-reactive ketones (excluding diaryl/α,β-unsaturated/α-hetero) is 1. The fourth-order valence-electron chi connectivity index (χ4n) is 2.89. The van der Waals surface area contributed by atoms with E-state index < -0.39 is 5.82 Å². The summed E-state index contributed by atoms with van der Waals surface area (Å²) in [6.45, 7) is 3.66. The van der Waals surface area contributed by atoms with Crippen LogP contribution in [0.4, 0.5) is 10.1 Å². The highest BCUT2D eigenvalue weighted by molar-refractivity contribution is 7.09. The van der Waals surface area contributed by atoms with Gasteiger partial charge in [0.05, 0.1) is 6.42 Å². The highest BCUT2D eigenvalue weighted by Gasteiger charge is 2.14. The van der Waals surface area contributed by atoms with Gasteiger partial charge in [-0.05, 0) is 30.7 Å². The molecule has 1 heterocycles. The van der Waals surface area contributed by atoms with Gasteiger partial charge in [0.15, 0.2) is 5.78 Å². The van der Waals surface area contributed by atoms with Crippen LogP contribution in [0.25, 0.3) is 11.1 Å². The Morgan fingerprint density at radius 1 is 1.14 bits per heavy atom. The second kappa shape index (κ2) is 8.44. The number of hydrogen-bond acceptors (Lipinski definition) is 4. The Labute approximate surface area is 167 Å². The minimum absolute atomic E-state index is 0.0172. The lowest BCUT2D eigenvalue weighted by molar-refractivity contribution is -0.118. The van der Waals surface area contributed by atoms with Crippen molar-refractivity contribution in [1.82, 2.24) is 4.98 Å². The summed E-state index contributed by atoms with van der Waals surface area (Å²) < 4.78 is 14.6. The lowest BCUT2D eigenvalue weighted by Gasteiger charge is -2.17. The maximum Gasteiger partial charge on any atom is 0.226 e. The molecule has 2 aromatic carbocycles. The number of aromatic nitrogens is 1. The summed E-state index contributed by atoms with van der Waals surface area (Å²) in [7, 11) is 1.63. The van der Waals surface area contributed by atoms with Gasteiger partial charge in [-0.1, -0.05) is 31.2 Å². The van der Waals surface area contributed by atoms with E-state index in [-0.39, 0.29) is 18.1 Å². The summed E-state index contributed by atoms with van der Waals surface area (Å²) in [4.78, 5) is 29.9. The molecule has 0 radical (unpaired) electrons. The van der Waals surface area contributed by atoms with Crippen molar-refractivity contribution in [2.24, 2.45) is 0 Å². The van der Waals surface area contributed by atoms with Crippen molar-refractivity contribution < 1.29 is 14.0 Å². The molecule has 0 aliphatic heterocycles. The Morgan fingerprint density at radius 2 is 1.86 bits per heavy atom. The van der Waals surface area contributed by atoms with Gasteiger partial charge in [-0.2, -0.15) is 0 Å². The van der Waals surface area contributed by atoms with Gasteiger partial charge in [0.25, 0.3) is 0 Å². The fraction of sp³-hybridized carbons (Fsp3) is 0.227. The number of nitrogens with zero attached hydrogens (tertiary/aromatic N) is 2. The Kier molecular flexibility index (Phi) is 5.99. The van der Waals surface area contributed by atoms with Crippen LogP contribution in [-0.4, -0.2) is 23.7 Å². The van der Waals surface area contributed by atoms with E-state index in [1.807, 2.05) is 12.3 Å². The molecule has 0 aliphatic rings. The number of aryl methyl sites for hydroxylation is 1. The van der Waals surface area contributed by atoms with Crippen LogP contribution < -0.4 is 4.90 Å². The van der Waals surface area contributed by atoms with Crippen LogP contribution >= 0.6 is 11.3 Å². The van der Waals surface area contributed by atoms with Crippen LogP contribution in [0.2, 0.25) is 0 Å². The SMILES string of the molecule is CCC(=O)N(C)c1ccc(-c2ccc(C(=O)Cc3nc(C)cs3)cc2)c(F)c1. The van der Waals surface area contributed by atoms with E-state index in [1.54, 1.807) is 50.4 Å². The number of amides is 1. The highest BCUT2D eigenvalue weighted by atomic mass is 32.1. The van der Waals surface area contributed by atoms with Crippen molar-refractivity contribution in [1.29, 1.82) is 0 Å². The minimum atomic E-state index is -0.411. The van der Waals surface area contributed by atoms with Gasteiger partial charge in [0, 0.05) is 41.4 Å². The average molecular weight is 396 g/mol. The molecule has 0 unspecified atom stereocenters. The van der Waals surface area contributed by atoms with Gasteiger partial charge >= 0.3 is 0 Å². The summed E-state index contributed by atoms with van der Waals surface area (Å²) in [6, 6.07) is 11.6.